The summed E-state index contributed by atoms with van der Waals surface area (Å²) in [4.78, 5) is 32.2. The van der Waals surface area contributed by atoms with Crippen molar-refractivity contribution in [2.75, 3.05) is 16.9 Å². The number of hydrogen-bond donors (Lipinski definition) is 2. The maximum absolute atomic E-state index is 12.9. The number of anilines is 2. The van der Waals surface area contributed by atoms with Gasteiger partial charge in [0.1, 0.15) is 12.2 Å². The molecule has 0 saturated heterocycles. The quantitative estimate of drug-likeness (QED) is 0.537. The monoisotopic (exact) mass is 379 g/mol. The normalized spacial score (nSPS) is 15.6. The molecule has 7 nitrogen and oxygen atoms in total. The van der Waals surface area contributed by atoms with Gasteiger partial charge in [0.25, 0.3) is 5.56 Å². The minimum Gasteiger partial charge on any atom is -0.320 e. The summed E-state index contributed by atoms with van der Waals surface area (Å²) in [5, 5.41) is 8.36. The molecule has 0 fully saturated rings. The van der Waals surface area contributed by atoms with Crippen LogP contribution in [-0.4, -0.2) is 28.6 Å². The standard InChI is InChI=1S/C21H25N5O2/c1-5-11-16(7-3)18(15(4)6-2)20(28)24-17-14-22-21(25-19(17)27)26-13-10-8-9-12-23-26/h5,7,11-12,14-15,18H,1,3,6,9,13H2,2,4H3,(H,24,28)(H,22,25,27)/b16-11+. The maximum atomic E-state index is 12.9. The molecule has 1 aliphatic heterocycles. The van der Waals surface area contributed by atoms with Crippen LogP contribution < -0.4 is 15.9 Å². The summed E-state index contributed by atoms with van der Waals surface area (Å²) in [6.45, 7) is 11.8. The summed E-state index contributed by atoms with van der Waals surface area (Å²) in [5.74, 6) is 5.42. The summed E-state index contributed by atoms with van der Waals surface area (Å²) >= 11 is 0. The van der Waals surface area contributed by atoms with E-state index in [1.807, 2.05) is 13.8 Å². The Balaban J connectivity index is 2.25. The van der Waals surface area contributed by atoms with Gasteiger partial charge in [-0.05, 0) is 11.5 Å². The number of amides is 1. The van der Waals surface area contributed by atoms with Crippen molar-refractivity contribution in [3.05, 3.63) is 53.5 Å². The van der Waals surface area contributed by atoms with Gasteiger partial charge >= 0.3 is 0 Å². The molecule has 2 heterocycles. The van der Waals surface area contributed by atoms with E-state index in [1.165, 1.54) is 11.2 Å². The topological polar surface area (TPSA) is 90.4 Å². The second kappa shape index (κ2) is 10.1. The van der Waals surface area contributed by atoms with Gasteiger partial charge in [-0.3, -0.25) is 14.6 Å². The number of aromatic amines is 1. The smallest absolute Gasteiger partial charge is 0.276 e. The molecular formula is C21H25N5O2. The Kier molecular flexibility index (Phi) is 7.52. The predicted molar refractivity (Wildman–Crippen MR) is 113 cm³/mol. The summed E-state index contributed by atoms with van der Waals surface area (Å²) < 4.78 is 0. The fourth-order valence-electron chi connectivity index (χ4n) is 2.78. The molecule has 0 spiro atoms. The summed E-state index contributed by atoms with van der Waals surface area (Å²) in [6, 6.07) is 0. The molecule has 7 heteroatoms. The fourth-order valence-corrected chi connectivity index (χ4v) is 2.78. The molecule has 2 rings (SSSR count). The molecule has 2 unspecified atom stereocenters. The van der Waals surface area contributed by atoms with Crippen molar-refractivity contribution in [2.45, 2.75) is 26.7 Å². The molecule has 1 aromatic heterocycles. The third-order valence-corrected chi connectivity index (χ3v) is 4.46. The second-order valence-electron chi connectivity index (χ2n) is 6.32. The molecule has 2 N–H and O–H groups in total. The third kappa shape index (κ3) is 5.07. The van der Waals surface area contributed by atoms with E-state index in [0.717, 1.165) is 12.0 Å². The van der Waals surface area contributed by atoms with Crippen LogP contribution in [0.3, 0.4) is 0 Å². The Morgan fingerprint density at radius 3 is 2.89 bits per heavy atom. The molecule has 0 aliphatic carbocycles. The number of nitrogens with one attached hydrogen (secondary N) is 2. The second-order valence-corrected chi connectivity index (χ2v) is 6.32. The molecular weight excluding hydrogens is 354 g/mol. The van der Waals surface area contributed by atoms with Gasteiger partial charge in [-0.2, -0.15) is 5.10 Å². The Hall–Kier alpha value is -3.40. The van der Waals surface area contributed by atoms with Crippen molar-refractivity contribution in [2.24, 2.45) is 16.9 Å². The number of carbonyl (C=O) groups is 1. The van der Waals surface area contributed by atoms with Crippen LogP contribution in [0.2, 0.25) is 0 Å². The van der Waals surface area contributed by atoms with E-state index < -0.39 is 11.5 Å². The van der Waals surface area contributed by atoms with E-state index in [0.29, 0.717) is 13.0 Å². The number of hydrazone groups is 1. The maximum Gasteiger partial charge on any atom is 0.276 e. The summed E-state index contributed by atoms with van der Waals surface area (Å²) in [7, 11) is 0. The minimum atomic E-state index is -0.457. The number of allylic oxidation sites excluding steroid dienone is 3. The zero-order chi connectivity index (χ0) is 20.5. The first-order valence-electron chi connectivity index (χ1n) is 9.12. The molecule has 1 aromatic rings. The van der Waals surface area contributed by atoms with E-state index in [-0.39, 0.29) is 23.5 Å². The fraction of sp³-hybridized carbons (Fsp3) is 0.333. The average molecular weight is 379 g/mol. The van der Waals surface area contributed by atoms with E-state index in [2.05, 4.69) is 45.4 Å². The van der Waals surface area contributed by atoms with Crippen LogP contribution in [0.1, 0.15) is 26.7 Å². The Morgan fingerprint density at radius 2 is 2.25 bits per heavy atom. The van der Waals surface area contributed by atoms with Gasteiger partial charge in [0, 0.05) is 12.6 Å². The predicted octanol–water partition coefficient (Wildman–Crippen LogP) is 2.87. The molecule has 2 atom stereocenters. The summed E-state index contributed by atoms with van der Waals surface area (Å²) in [5.41, 5.74) is 0.371. The molecule has 28 heavy (non-hydrogen) atoms. The van der Waals surface area contributed by atoms with Crippen molar-refractivity contribution in [3.8, 4) is 11.8 Å². The molecule has 0 saturated carbocycles. The van der Waals surface area contributed by atoms with Gasteiger partial charge in [-0.15, -0.1) is 0 Å². The van der Waals surface area contributed by atoms with Crippen LogP contribution in [0.5, 0.6) is 0 Å². The Morgan fingerprint density at radius 1 is 1.46 bits per heavy atom. The lowest BCUT2D eigenvalue weighted by molar-refractivity contribution is -0.120. The highest BCUT2D eigenvalue weighted by atomic mass is 16.2. The van der Waals surface area contributed by atoms with Crippen LogP contribution in [-0.2, 0) is 4.79 Å². The van der Waals surface area contributed by atoms with Gasteiger partial charge in [-0.25, -0.2) is 9.99 Å². The zero-order valence-electron chi connectivity index (χ0n) is 16.2. The van der Waals surface area contributed by atoms with Crippen LogP contribution in [0.4, 0.5) is 11.6 Å². The lowest BCUT2D eigenvalue weighted by Crippen LogP contribution is -2.32. The van der Waals surface area contributed by atoms with Crippen molar-refractivity contribution in [3.63, 3.8) is 0 Å². The van der Waals surface area contributed by atoms with Crippen molar-refractivity contribution in [1.29, 1.82) is 0 Å². The number of rotatable bonds is 8. The molecule has 0 radical (unpaired) electrons. The number of hydrogen-bond acceptors (Lipinski definition) is 5. The lowest BCUT2D eigenvalue weighted by Gasteiger charge is -2.23. The van der Waals surface area contributed by atoms with E-state index in [1.54, 1.807) is 24.4 Å². The first kappa shape index (κ1) is 20.9. The van der Waals surface area contributed by atoms with Gasteiger partial charge in [0.2, 0.25) is 11.9 Å². The average Bonchev–Trinajstić information content (AvgIpc) is 2.98. The van der Waals surface area contributed by atoms with E-state index >= 15 is 0 Å². The zero-order valence-corrected chi connectivity index (χ0v) is 16.2. The van der Waals surface area contributed by atoms with Crippen LogP contribution in [0, 0.1) is 23.7 Å². The molecule has 1 aliphatic rings. The Bertz CT molecular complexity index is 917. The largest absolute Gasteiger partial charge is 0.320 e. The highest BCUT2D eigenvalue weighted by Crippen LogP contribution is 2.26. The van der Waals surface area contributed by atoms with Crippen LogP contribution >= 0.6 is 0 Å². The highest BCUT2D eigenvalue weighted by Gasteiger charge is 2.27. The SMILES string of the molecule is C=C/C=C(\C=C)C(C(=O)Nc1cnc(N2CC#CCC=N2)[nH]c1=O)C(C)CC. The van der Waals surface area contributed by atoms with Gasteiger partial charge in [0.05, 0.1) is 12.1 Å². The third-order valence-electron chi connectivity index (χ3n) is 4.46. The van der Waals surface area contributed by atoms with Crippen LogP contribution in [0.25, 0.3) is 0 Å². The van der Waals surface area contributed by atoms with Gasteiger partial charge in [0.15, 0.2) is 0 Å². The molecule has 1 amide bonds. The lowest BCUT2D eigenvalue weighted by atomic mass is 9.84. The van der Waals surface area contributed by atoms with Crippen molar-refractivity contribution in [1.82, 2.24) is 9.97 Å². The highest BCUT2D eigenvalue weighted by molar-refractivity contribution is 5.94. The van der Waals surface area contributed by atoms with Crippen molar-refractivity contribution >= 4 is 23.8 Å². The first-order valence-corrected chi connectivity index (χ1v) is 9.12. The van der Waals surface area contributed by atoms with E-state index in [9.17, 15) is 9.59 Å². The number of carbonyl (C=O) groups excluding carboxylic acids is 1. The molecule has 146 valence electrons. The molecule has 0 aromatic carbocycles. The number of nitrogens with zero attached hydrogens (tertiary/aromatic N) is 3. The Labute approximate surface area is 164 Å². The minimum absolute atomic E-state index is 0.0560. The van der Waals surface area contributed by atoms with Gasteiger partial charge in [-0.1, -0.05) is 63.5 Å². The first-order chi connectivity index (χ1) is 13.5. The van der Waals surface area contributed by atoms with Gasteiger partial charge < -0.3 is 5.32 Å². The van der Waals surface area contributed by atoms with Crippen molar-refractivity contribution < 1.29 is 4.79 Å². The molecule has 0 bridgehead atoms. The number of aromatic nitrogens is 2. The summed E-state index contributed by atoms with van der Waals surface area (Å²) in [6.07, 6.45) is 9.34. The van der Waals surface area contributed by atoms with Crippen LogP contribution in [0.15, 0.2) is 53.1 Å². The number of H-pyrrole nitrogens is 1. The van der Waals surface area contributed by atoms with E-state index in [4.69, 9.17) is 0 Å².